The highest BCUT2D eigenvalue weighted by Crippen LogP contribution is 2.28. The van der Waals surface area contributed by atoms with E-state index >= 15 is 0 Å². The second-order valence-electron chi connectivity index (χ2n) is 7.70. The molecule has 4 nitrogen and oxygen atoms in total. The molecule has 0 saturated carbocycles. The van der Waals surface area contributed by atoms with Crippen molar-refractivity contribution in [2.45, 2.75) is 50.8 Å². The van der Waals surface area contributed by atoms with Crippen molar-refractivity contribution >= 4 is 21.6 Å². The SMILES string of the molecule is CC(NS(=O)(=O)C(C)(C)C)C(Cc1ccc(Cl)cc1)c1cccc(C#N)c1. The van der Waals surface area contributed by atoms with E-state index in [-0.39, 0.29) is 12.0 Å². The minimum atomic E-state index is -3.50. The number of nitrogens with zero attached hydrogens (tertiary/aromatic N) is 1. The fourth-order valence-electron chi connectivity index (χ4n) is 2.80. The number of hydrogen-bond donors (Lipinski definition) is 1. The second-order valence-corrected chi connectivity index (χ2v) is 10.6. The van der Waals surface area contributed by atoms with Gasteiger partial charge in [0.05, 0.1) is 16.4 Å². The zero-order chi connectivity index (χ0) is 20.2. The van der Waals surface area contributed by atoms with Crippen LogP contribution in [0.4, 0.5) is 0 Å². The molecule has 0 bridgehead atoms. The van der Waals surface area contributed by atoms with Crippen LogP contribution in [0.15, 0.2) is 48.5 Å². The van der Waals surface area contributed by atoms with Crippen molar-refractivity contribution in [3.63, 3.8) is 0 Å². The van der Waals surface area contributed by atoms with Gasteiger partial charge in [-0.2, -0.15) is 5.26 Å². The number of nitrogens with one attached hydrogen (secondary N) is 1. The summed E-state index contributed by atoms with van der Waals surface area (Å²) in [6.45, 7) is 6.88. The lowest BCUT2D eigenvalue weighted by Gasteiger charge is -2.29. The molecule has 2 aromatic rings. The van der Waals surface area contributed by atoms with Crippen LogP contribution in [0.1, 0.15) is 50.3 Å². The Morgan fingerprint density at radius 1 is 1.15 bits per heavy atom. The Morgan fingerprint density at radius 2 is 1.78 bits per heavy atom. The molecule has 2 unspecified atom stereocenters. The van der Waals surface area contributed by atoms with Gasteiger partial charge in [0.2, 0.25) is 10.0 Å². The van der Waals surface area contributed by atoms with Crippen LogP contribution in [-0.4, -0.2) is 19.2 Å². The molecule has 144 valence electrons. The van der Waals surface area contributed by atoms with Gasteiger partial charge in [0.25, 0.3) is 0 Å². The highest BCUT2D eigenvalue weighted by Gasteiger charge is 2.32. The van der Waals surface area contributed by atoms with E-state index in [4.69, 9.17) is 11.6 Å². The fraction of sp³-hybridized carbons (Fsp3) is 0.381. The van der Waals surface area contributed by atoms with Crippen LogP contribution in [0, 0.1) is 11.3 Å². The molecule has 0 aliphatic carbocycles. The van der Waals surface area contributed by atoms with Crippen molar-refractivity contribution in [3.05, 3.63) is 70.2 Å². The molecule has 1 N–H and O–H groups in total. The minimum absolute atomic E-state index is 0.128. The Balaban J connectivity index is 2.39. The van der Waals surface area contributed by atoms with E-state index in [0.717, 1.165) is 11.1 Å². The highest BCUT2D eigenvalue weighted by atomic mass is 35.5. The molecule has 0 aliphatic heterocycles. The third kappa shape index (κ3) is 5.55. The molecule has 0 heterocycles. The van der Waals surface area contributed by atoms with Gasteiger partial charge in [-0.25, -0.2) is 13.1 Å². The van der Waals surface area contributed by atoms with E-state index in [9.17, 15) is 13.7 Å². The van der Waals surface area contributed by atoms with Crippen LogP contribution in [0.3, 0.4) is 0 Å². The third-order valence-electron chi connectivity index (χ3n) is 4.56. The second kappa shape index (κ2) is 8.43. The fourth-order valence-corrected chi connectivity index (χ4v) is 3.93. The Morgan fingerprint density at radius 3 is 2.33 bits per heavy atom. The van der Waals surface area contributed by atoms with E-state index in [1.54, 1.807) is 26.8 Å². The summed E-state index contributed by atoms with van der Waals surface area (Å²) in [6, 6.07) is 16.7. The van der Waals surface area contributed by atoms with E-state index in [0.29, 0.717) is 17.0 Å². The molecule has 0 aromatic heterocycles. The first kappa shape index (κ1) is 21.4. The van der Waals surface area contributed by atoms with Gasteiger partial charge >= 0.3 is 0 Å². The first-order valence-corrected chi connectivity index (χ1v) is 10.7. The molecule has 2 aromatic carbocycles. The average Bonchev–Trinajstić information content (AvgIpc) is 2.59. The van der Waals surface area contributed by atoms with Gasteiger partial charge in [-0.3, -0.25) is 0 Å². The van der Waals surface area contributed by atoms with Crippen molar-refractivity contribution in [2.75, 3.05) is 0 Å². The van der Waals surface area contributed by atoms with E-state index in [1.807, 2.05) is 49.4 Å². The number of sulfonamides is 1. The standard InChI is InChI=1S/C21H25ClN2O2S/c1-15(24-27(25,26)21(2,3)4)20(13-16-8-10-19(22)11-9-16)18-7-5-6-17(12-18)14-23/h5-12,15,20,24H,13H2,1-4H3. The van der Waals surface area contributed by atoms with Crippen molar-refractivity contribution in [1.29, 1.82) is 5.26 Å². The molecule has 0 saturated heterocycles. The maximum Gasteiger partial charge on any atom is 0.216 e. The van der Waals surface area contributed by atoms with Crippen LogP contribution in [0.25, 0.3) is 0 Å². The highest BCUT2D eigenvalue weighted by molar-refractivity contribution is 7.90. The van der Waals surface area contributed by atoms with Gasteiger partial charge < -0.3 is 0 Å². The molecule has 0 radical (unpaired) electrons. The number of nitriles is 1. The number of hydrogen-bond acceptors (Lipinski definition) is 3. The van der Waals surface area contributed by atoms with Crippen LogP contribution in [0.2, 0.25) is 5.02 Å². The first-order chi connectivity index (χ1) is 12.5. The van der Waals surface area contributed by atoms with Crippen LogP contribution < -0.4 is 4.72 Å². The molecule has 0 aliphatic rings. The monoisotopic (exact) mass is 404 g/mol. The van der Waals surface area contributed by atoms with Crippen LogP contribution in [0.5, 0.6) is 0 Å². The number of halogens is 1. The molecule has 2 rings (SSSR count). The minimum Gasteiger partial charge on any atom is -0.212 e. The number of benzene rings is 2. The van der Waals surface area contributed by atoms with Gasteiger partial charge in [0.15, 0.2) is 0 Å². The smallest absolute Gasteiger partial charge is 0.212 e. The molecule has 27 heavy (non-hydrogen) atoms. The van der Waals surface area contributed by atoms with E-state index in [2.05, 4.69) is 10.8 Å². The Labute approximate surface area is 167 Å². The number of rotatable bonds is 6. The van der Waals surface area contributed by atoms with Crippen LogP contribution in [-0.2, 0) is 16.4 Å². The van der Waals surface area contributed by atoms with E-state index < -0.39 is 14.8 Å². The van der Waals surface area contributed by atoms with Crippen LogP contribution >= 0.6 is 11.6 Å². The summed E-state index contributed by atoms with van der Waals surface area (Å²) in [7, 11) is -3.50. The predicted octanol–water partition coefficient (Wildman–Crippen LogP) is 4.64. The van der Waals surface area contributed by atoms with Gasteiger partial charge in [-0.1, -0.05) is 35.9 Å². The summed E-state index contributed by atoms with van der Waals surface area (Å²) < 4.78 is 27.2. The van der Waals surface area contributed by atoms with Crippen molar-refractivity contribution < 1.29 is 8.42 Å². The zero-order valence-corrected chi connectivity index (χ0v) is 17.6. The normalized spacial score (nSPS) is 14.4. The zero-order valence-electron chi connectivity index (χ0n) is 16.0. The lowest BCUT2D eigenvalue weighted by atomic mass is 9.86. The molecular weight excluding hydrogens is 380 g/mol. The topological polar surface area (TPSA) is 70.0 Å². The van der Waals surface area contributed by atoms with Gasteiger partial charge in [0.1, 0.15) is 0 Å². The summed E-state index contributed by atoms with van der Waals surface area (Å²) in [5.74, 6) is -0.128. The molecule has 0 spiro atoms. The first-order valence-electron chi connectivity index (χ1n) is 8.80. The van der Waals surface area contributed by atoms with Crippen molar-refractivity contribution in [3.8, 4) is 6.07 Å². The average molecular weight is 405 g/mol. The lowest BCUT2D eigenvalue weighted by molar-refractivity contribution is 0.487. The molecule has 0 fully saturated rings. The van der Waals surface area contributed by atoms with Gasteiger partial charge in [-0.05, 0) is 69.5 Å². The lowest BCUT2D eigenvalue weighted by Crippen LogP contribution is -2.46. The summed E-state index contributed by atoms with van der Waals surface area (Å²) in [6.07, 6.45) is 0.625. The van der Waals surface area contributed by atoms with Crippen molar-refractivity contribution in [2.24, 2.45) is 0 Å². The largest absolute Gasteiger partial charge is 0.216 e. The summed E-state index contributed by atoms with van der Waals surface area (Å²) >= 11 is 5.98. The maximum absolute atomic E-state index is 12.6. The predicted molar refractivity (Wildman–Crippen MR) is 110 cm³/mol. The Bertz CT molecular complexity index is 926. The molecule has 6 heteroatoms. The van der Waals surface area contributed by atoms with E-state index in [1.165, 1.54) is 0 Å². The maximum atomic E-state index is 12.6. The van der Waals surface area contributed by atoms with Gasteiger partial charge in [-0.15, -0.1) is 0 Å². The molecule has 0 amide bonds. The quantitative estimate of drug-likeness (QED) is 0.762. The molecule has 2 atom stereocenters. The van der Waals surface area contributed by atoms with Gasteiger partial charge in [0, 0.05) is 17.0 Å². The summed E-state index contributed by atoms with van der Waals surface area (Å²) in [4.78, 5) is 0. The molecular formula is C21H25ClN2O2S. The Hall–Kier alpha value is -1.87. The summed E-state index contributed by atoms with van der Waals surface area (Å²) in [5, 5.41) is 9.88. The van der Waals surface area contributed by atoms with Crippen molar-refractivity contribution in [1.82, 2.24) is 4.72 Å². The Kier molecular flexibility index (Phi) is 6.69. The third-order valence-corrected chi connectivity index (χ3v) is 7.11. The summed E-state index contributed by atoms with van der Waals surface area (Å²) in [5.41, 5.74) is 2.53.